The fourth-order valence-corrected chi connectivity index (χ4v) is 0. The normalized spacial score (nSPS) is 5.14. The van der Waals surface area contributed by atoms with Crippen LogP contribution in [-0.2, 0) is 35.1 Å². The fourth-order valence-electron chi connectivity index (χ4n) is 0. The molecule has 0 radical (unpaired) electrons. The molecule has 72 valence electrons. The van der Waals surface area contributed by atoms with Gasteiger partial charge in [-0.25, -0.2) is 0 Å². The van der Waals surface area contributed by atoms with Crippen LogP contribution in [0.2, 0.25) is 0 Å². The van der Waals surface area contributed by atoms with E-state index in [4.69, 9.17) is 42.2 Å². The van der Waals surface area contributed by atoms with E-state index < -0.39 is 27.5 Å². The van der Waals surface area contributed by atoms with Gasteiger partial charge in [-0.2, -0.15) is 0 Å². The van der Waals surface area contributed by atoms with Crippen molar-refractivity contribution in [3.05, 3.63) is 0 Å². The molecular weight excluding hydrogens is 316 g/mol. The molecule has 0 amide bonds. The van der Waals surface area contributed by atoms with E-state index in [2.05, 4.69) is 0 Å². The van der Waals surface area contributed by atoms with Crippen LogP contribution in [0.3, 0.4) is 0 Å². The second kappa shape index (κ2) is 23.6. The summed E-state index contributed by atoms with van der Waals surface area (Å²) in [5, 5.41) is 0. The summed E-state index contributed by atoms with van der Waals surface area (Å²) in [5.41, 5.74) is 0. The van der Waals surface area contributed by atoms with Crippen LogP contribution < -0.4 is 28.8 Å². The van der Waals surface area contributed by atoms with Crippen LogP contribution >= 0.6 is 0 Å². The average molecular weight is 316 g/mol. The van der Waals surface area contributed by atoms with Crippen LogP contribution in [0.15, 0.2) is 0 Å². The molecule has 0 atom stereocenters. The Labute approximate surface area is 128 Å². The summed E-state index contributed by atoms with van der Waals surface area (Å²) in [6.07, 6.45) is 0. The first-order valence-corrected chi connectivity index (χ1v) is 5.51. The molecule has 0 rings (SSSR count). The molecule has 0 spiro atoms. The first kappa shape index (κ1) is 29.4. The molecule has 0 fully saturated rings. The van der Waals surface area contributed by atoms with E-state index in [-0.39, 0.29) is 59.5 Å². The Morgan fingerprint density at radius 1 is 0.571 bits per heavy atom. The Bertz CT molecular complexity index is 118. The van der Waals surface area contributed by atoms with Crippen LogP contribution in [0.5, 0.6) is 0 Å². The van der Waals surface area contributed by atoms with Crippen LogP contribution in [0, 0.1) is 0 Å². The molecule has 0 aliphatic heterocycles. The first-order chi connectivity index (χ1) is 5.20. The second-order valence-corrected chi connectivity index (χ2v) is 2.25. The largest absolute Gasteiger partial charge is 4.00 e. The third-order valence-corrected chi connectivity index (χ3v) is 0. The molecule has 0 aliphatic carbocycles. The van der Waals surface area contributed by atoms with E-state index in [1.165, 1.54) is 0 Å². The maximum Gasteiger partial charge on any atom is 4.00 e. The van der Waals surface area contributed by atoms with Crippen molar-refractivity contribution in [2.75, 3.05) is 0 Å². The number of hydrogen-bond donors (Lipinski definition) is 0. The zero-order chi connectivity index (χ0) is 10.7. The molecule has 9 nitrogen and oxygen atoms in total. The van der Waals surface area contributed by atoms with E-state index in [9.17, 15) is 0 Å². The van der Waals surface area contributed by atoms with Gasteiger partial charge < -0.3 is 42.2 Å². The molecule has 0 aromatic heterocycles. The zero-order valence-electron chi connectivity index (χ0n) is 6.38. The topological polar surface area (TPSA) is 190 Å². The Morgan fingerprint density at radius 2 is 0.571 bits per heavy atom. The molecule has 0 unspecified atom stereocenters. The van der Waals surface area contributed by atoms with E-state index in [1.807, 2.05) is 0 Å². The Kier molecular flexibility index (Phi) is 49.4. The quantitative estimate of drug-likeness (QED) is 0.390. The molecular formula is CaO9Si3Ti. The van der Waals surface area contributed by atoms with Gasteiger partial charge in [-0.1, -0.05) is 0 Å². The second-order valence-electron chi connectivity index (χ2n) is 0.750. The zero-order valence-corrected chi connectivity index (χ0v) is 13.2. The standard InChI is InChI=1S/Ca.3O3Si.Ti/c;3*1-4(2)3;/q+2;3*-2;+4. The van der Waals surface area contributed by atoms with E-state index >= 15 is 0 Å². The Morgan fingerprint density at radius 3 is 0.571 bits per heavy atom. The maximum atomic E-state index is 8.52. The van der Waals surface area contributed by atoms with Crippen LogP contribution in [0.25, 0.3) is 0 Å². The molecule has 0 saturated carbocycles. The minimum absolute atomic E-state index is 0. The van der Waals surface area contributed by atoms with Crippen molar-refractivity contribution in [3.63, 3.8) is 0 Å². The molecule has 14 heteroatoms. The number of hydrogen-bond acceptors (Lipinski definition) is 9. The monoisotopic (exact) mass is 316 g/mol. The summed E-state index contributed by atoms with van der Waals surface area (Å²) in [6, 6.07) is 0. The smallest absolute Gasteiger partial charge is 0.672 e. The summed E-state index contributed by atoms with van der Waals surface area (Å²) >= 11 is 0. The third kappa shape index (κ3) is 2640. The Hall–Kier alpha value is 0.825. The van der Waals surface area contributed by atoms with Crippen molar-refractivity contribution >= 4 is 65.2 Å². The van der Waals surface area contributed by atoms with Gasteiger partial charge in [0.15, 0.2) is 0 Å². The minimum Gasteiger partial charge on any atom is -0.672 e. The first-order valence-electron chi connectivity index (χ1n) is 1.84. The summed E-state index contributed by atoms with van der Waals surface area (Å²) < 4.78 is 25.6. The Balaban J connectivity index is -0.0000000270. The van der Waals surface area contributed by atoms with Gasteiger partial charge in [-0.15, -0.1) is 0 Å². The summed E-state index contributed by atoms with van der Waals surface area (Å²) in [4.78, 5) is 51.1. The van der Waals surface area contributed by atoms with Crippen LogP contribution in [0.4, 0.5) is 0 Å². The summed E-state index contributed by atoms with van der Waals surface area (Å²) in [5.74, 6) is 0. The SMILES string of the molecule is O=[Si]([O-])[O-].O=[Si]([O-])[O-].O=[Si]([O-])[O-].[Ca+2].[Ti+4]. The van der Waals surface area contributed by atoms with Crippen molar-refractivity contribution in [3.8, 4) is 0 Å². The molecule has 14 heavy (non-hydrogen) atoms. The van der Waals surface area contributed by atoms with Gasteiger partial charge >= 0.3 is 59.5 Å². The van der Waals surface area contributed by atoms with Gasteiger partial charge in [-0.05, 0) is 0 Å². The molecule has 0 bridgehead atoms. The predicted octanol–water partition coefficient (Wildman–Crippen LogP) is -9.02. The van der Waals surface area contributed by atoms with Crippen molar-refractivity contribution in [1.82, 2.24) is 0 Å². The van der Waals surface area contributed by atoms with Crippen molar-refractivity contribution in [2.45, 2.75) is 0 Å². The van der Waals surface area contributed by atoms with Gasteiger partial charge in [0, 0.05) is 27.5 Å². The van der Waals surface area contributed by atoms with Crippen molar-refractivity contribution < 1.29 is 63.9 Å². The average Bonchev–Trinajstić information content (AvgIpc) is 1.54. The van der Waals surface area contributed by atoms with Gasteiger partial charge in [-0.3, -0.25) is 0 Å². The molecule has 0 N–H and O–H groups in total. The van der Waals surface area contributed by atoms with Gasteiger partial charge in [0.25, 0.3) is 0 Å². The van der Waals surface area contributed by atoms with Crippen LogP contribution in [-0.4, -0.2) is 65.2 Å². The van der Waals surface area contributed by atoms with Gasteiger partial charge in [0.1, 0.15) is 0 Å². The fraction of sp³-hybridized carbons (Fsp3) is 0. The summed E-state index contributed by atoms with van der Waals surface area (Å²) in [7, 11) is -10.9. The molecule has 0 aromatic carbocycles. The third-order valence-electron chi connectivity index (χ3n) is 0. The maximum absolute atomic E-state index is 8.52. The summed E-state index contributed by atoms with van der Waals surface area (Å²) in [6.45, 7) is 0. The molecule has 0 aliphatic rings. The van der Waals surface area contributed by atoms with Gasteiger partial charge in [0.05, 0.1) is 0 Å². The predicted molar refractivity (Wildman–Crippen MR) is 25.1 cm³/mol. The molecule has 0 heterocycles. The van der Waals surface area contributed by atoms with E-state index in [1.54, 1.807) is 0 Å². The van der Waals surface area contributed by atoms with Crippen molar-refractivity contribution in [2.24, 2.45) is 0 Å². The van der Waals surface area contributed by atoms with E-state index in [0.717, 1.165) is 0 Å². The number of rotatable bonds is 0. The minimum atomic E-state index is -3.63. The van der Waals surface area contributed by atoms with Crippen molar-refractivity contribution in [1.29, 1.82) is 0 Å². The van der Waals surface area contributed by atoms with Gasteiger partial charge in [0.2, 0.25) is 0 Å². The molecule has 0 saturated heterocycles. The van der Waals surface area contributed by atoms with E-state index in [0.29, 0.717) is 0 Å². The molecule has 0 aromatic rings. The van der Waals surface area contributed by atoms with Crippen LogP contribution in [0.1, 0.15) is 0 Å².